The predicted molar refractivity (Wildman–Crippen MR) is 112 cm³/mol. The summed E-state index contributed by atoms with van der Waals surface area (Å²) in [5.41, 5.74) is 2.92. The molecule has 0 aliphatic carbocycles. The van der Waals surface area contributed by atoms with E-state index in [2.05, 4.69) is 17.0 Å². The standard InChI is InChI=1S/C21H23ClN4O3/c1-4-5-11-25-21(22)17(15(3)24-25)9-10-20(28)29-13-16-12-19(27)26-14(2)7-6-8-18(26)23-16/h6-10,12H,4-5,11,13H2,1-3H3/b10-9+. The number of hydrogen-bond acceptors (Lipinski definition) is 5. The molecule has 29 heavy (non-hydrogen) atoms. The van der Waals surface area contributed by atoms with Gasteiger partial charge in [0.2, 0.25) is 0 Å². The molecule has 0 aliphatic rings. The number of halogens is 1. The Bertz CT molecular complexity index is 1130. The van der Waals surface area contributed by atoms with E-state index in [9.17, 15) is 9.59 Å². The van der Waals surface area contributed by atoms with E-state index in [4.69, 9.17) is 16.3 Å². The van der Waals surface area contributed by atoms with Crippen LogP contribution in [0.25, 0.3) is 11.7 Å². The highest BCUT2D eigenvalue weighted by Crippen LogP contribution is 2.21. The fourth-order valence-electron chi connectivity index (χ4n) is 2.99. The zero-order valence-electron chi connectivity index (χ0n) is 16.7. The molecule has 8 heteroatoms. The largest absolute Gasteiger partial charge is 0.456 e. The molecule has 0 unspecified atom stereocenters. The van der Waals surface area contributed by atoms with E-state index in [0.29, 0.717) is 22.1 Å². The van der Waals surface area contributed by atoms with E-state index in [-0.39, 0.29) is 12.2 Å². The van der Waals surface area contributed by atoms with Crippen LogP contribution in [0, 0.1) is 13.8 Å². The van der Waals surface area contributed by atoms with E-state index in [1.807, 2.05) is 26.0 Å². The van der Waals surface area contributed by atoms with Gasteiger partial charge >= 0.3 is 5.97 Å². The summed E-state index contributed by atoms with van der Waals surface area (Å²) >= 11 is 6.36. The molecule has 3 heterocycles. The number of fused-ring (bicyclic) bond motifs is 1. The van der Waals surface area contributed by atoms with Gasteiger partial charge in [0.25, 0.3) is 5.56 Å². The summed E-state index contributed by atoms with van der Waals surface area (Å²) in [6.07, 6.45) is 4.92. The van der Waals surface area contributed by atoms with Crippen molar-refractivity contribution in [1.82, 2.24) is 19.2 Å². The normalized spacial score (nSPS) is 11.4. The van der Waals surface area contributed by atoms with Gasteiger partial charge in [0.1, 0.15) is 17.4 Å². The molecule has 0 radical (unpaired) electrons. The van der Waals surface area contributed by atoms with E-state index >= 15 is 0 Å². The molecule has 0 amide bonds. The van der Waals surface area contributed by atoms with Gasteiger partial charge in [-0.2, -0.15) is 5.10 Å². The first-order valence-electron chi connectivity index (χ1n) is 9.46. The van der Waals surface area contributed by atoms with Crippen molar-refractivity contribution in [3.05, 3.63) is 68.5 Å². The van der Waals surface area contributed by atoms with Gasteiger partial charge in [-0.25, -0.2) is 9.78 Å². The zero-order chi connectivity index (χ0) is 21.0. The fraction of sp³-hybridized carbons (Fsp3) is 0.333. The number of aryl methyl sites for hydroxylation is 3. The van der Waals surface area contributed by atoms with Crippen LogP contribution >= 0.6 is 11.6 Å². The highest BCUT2D eigenvalue weighted by Gasteiger charge is 2.11. The molecule has 3 aromatic heterocycles. The molecule has 0 aliphatic heterocycles. The molecule has 7 nitrogen and oxygen atoms in total. The molecule has 3 aromatic rings. The number of esters is 1. The Hall–Kier alpha value is -2.93. The molecule has 0 saturated carbocycles. The van der Waals surface area contributed by atoms with Crippen LogP contribution in [0.5, 0.6) is 0 Å². The van der Waals surface area contributed by atoms with Crippen LogP contribution < -0.4 is 5.56 Å². The second-order valence-corrected chi connectivity index (χ2v) is 7.11. The van der Waals surface area contributed by atoms with E-state index in [1.54, 1.807) is 16.8 Å². The Balaban J connectivity index is 1.68. The Labute approximate surface area is 173 Å². The van der Waals surface area contributed by atoms with Crippen LogP contribution in [0.1, 0.15) is 42.4 Å². The molecule has 0 bridgehead atoms. The summed E-state index contributed by atoms with van der Waals surface area (Å²) in [7, 11) is 0. The summed E-state index contributed by atoms with van der Waals surface area (Å²) in [5, 5.41) is 4.90. The van der Waals surface area contributed by atoms with Gasteiger partial charge in [0.15, 0.2) is 0 Å². The summed E-state index contributed by atoms with van der Waals surface area (Å²) in [6.45, 7) is 6.41. The van der Waals surface area contributed by atoms with Crippen molar-refractivity contribution in [1.29, 1.82) is 0 Å². The maximum Gasteiger partial charge on any atom is 0.331 e. The van der Waals surface area contributed by atoms with Gasteiger partial charge in [-0.05, 0) is 38.5 Å². The van der Waals surface area contributed by atoms with Crippen LogP contribution in [0.4, 0.5) is 0 Å². The first kappa shape index (κ1) is 20.8. The number of pyridine rings is 1. The Morgan fingerprint density at radius 3 is 2.86 bits per heavy atom. The summed E-state index contributed by atoms with van der Waals surface area (Å²) in [6, 6.07) is 6.76. The molecule has 0 spiro atoms. The lowest BCUT2D eigenvalue weighted by Gasteiger charge is -2.06. The SMILES string of the molecule is CCCCn1nc(C)c(/C=C/C(=O)OCc2cc(=O)n3c(C)cccc3n2)c1Cl. The summed E-state index contributed by atoms with van der Waals surface area (Å²) in [5.74, 6) is -0.548. The zero-order valence-corrected chi connectivity index (χ0v) is 17.4. The van der Waals surface area contributed by atoms with Crippen molar-refractivity contribution in [2.75, 3.05) is 0 Å². The number of carbonyl (C=O) groups excluding carboxylic acids is 1. The maximum absolute atomic E-state index is 12.3. The average molecular weight is 415 g/mol. The van der Waals surface area contributed by atoms with E-state index < -0.39 is 5.97 Å². The number of nitrogens with zero attached hydrogens (tertiary/aromatic N) is 4. The van der Waals surface area contributed by atoms with Crippen molar-refractivity contribution in [3.63, 3.8) is 0 Å². The summed E-state index contributed by atoms with van der Waals surface area (Å²) < 4.78 is 8.47. The molecule has 152 valence electrons. The quantitative estimate of drug-likeness (QED) is 0.435. The Kier molecular flexibility index (Phi) is 6.49. The third kappa shape index (κ3) is 4.74. The van der Waals surface area contributed by atoms with Crippen LogP contribution in [0.2, 0.25) is 5.15 Å². The molecular formula is C21H23ClN4O3. The lowest BCUT2D eigenvalue weighted by atomic mass is 10.2. The third-order valence-corrected chi connectivity index (χ3v) is 4.91. The second-order valence-electron chi connectivity index (χ2n) is 6.75. The first-order valence-corrected chi connectivity index (χ1v) is 9.84. The number of unbranched alkanes of at least 4 members (excludes halogenated alkanes) is 1. The fourth-order valence-corrected chi connectivity index (χ4v) is 3.32. The number of ether oxygens (including phenoxy) is 1. The highest BCUT2D eigenvalue weighted by molar-refractivity contribution is 6.31. The van der Waals surface area contributed by atoms with Crippen LogP contribution in [0.3, 0.4) is 0 Å². The molecule has 0 saturated heterocycles. The van der Waals surface area contributed by atoms with Crippen molar-refractivity contribution in [2.45, 2.75) is 46.8 Å². The molecule has 0 N–H and O–H groups in total. The minimum absolute atomic E-state index is 0.0919. The van der Waals surface area contributed by atoms with Gasteiger partial charge in [0.05, 0.1) is 11.4 Å². The predicted octanol–water partition coefficient (Wildman–Crippen LogP) is 3.72. The molecule has 3 rings (SSSR count). The minimum atomic E-state index is -0.548. The smallest absolute Gasteiger partial charge is 0.331 e. The van der Waals surface area contributed by atoms with Crippen LogP contribution in [-0.2, 0) is 22.7 Å². The number of rotatable bonds is 7. The maximum atomic E-state index is 12.3. The van der Waals surface area contributed by atoms with Crippen molar-refractivity contribution in [2.24, 2.45) is 0 Å². The van der Waals surface area contributed by atoms with Gasteiger partial charge < -0.3 is 4.74 Å². The molecule has 0 fully saturated rings. The third-order valence-electron chi connectivity index (χ3n) is 4.51. The minimum Gasteiger partial charge on any atom is -0.456 e. The van der Waals surface area contributed by atoms with Crippen molar-refractivity contribution in [3.8, 4) is 0 Å². The molecular weight excluding hydrogens is 392 g/mol. The molecule has 0 atom stereocenters. The monoisotopic (exact) mass is 414 g/mol. The Morgan fingerprint density at radius 1 is 1.31 bits per heavy atom. The van der Waals surface area contributed by atoms with Crippen molar-refractivity contribution >= 4 is 29.3 Å². The van der Waals surface area contributed by atoms with Gasteiger partial charge in [-0.1, -0.05) is 31.0 Å². The second kappa shape index (κ2) is 9.05. The lowest BCUT2D eigenvalue weighted by Crippen LogP contribution is -2.18. The van der Waals surface area contributed by atoms with Gasteiger partial charge in [-0.15, -0.1) is 0 Å². The van der Waals surface area contributed by atoms with Gasteiger partial charge in [0, 0.05) is 29.9 Å². The average Bonchev–Trinajstić information content (AvgIpc) is 2.95. The van der Waals surface area contributed by atoms with Crippen molar-refractivity contribution < 1.29 is 9.53 Å². The van der Waals surface area contributed by atoms with E-state index in [1.165, 1.54) is 16.5 Å². The Morgan fingerprint density at radius 2 is 2.10 bits per heavy atom. The van der Waals surface area contributed by atoms with Crippen LogP contribution in [-0.4, -0.2) is 25.1 Å². The molecule has 0 aromatic carbocycles. The van der Waals surface area contributed by atoms with Gasteiger partial charge in [-0.3, -0.25) is 13.9 Å². The van der Waals surface area contributed by atoms with E-state index in [0.717, 1.165) is 30.8 Å². The topological polar surface area (TPSA) is 78.5 Å². The summed E-state index contributed by atoms with van der Waals surface area (Å²) in [4.78, 5) is 28.8. The number of hydrogen-bond donors (Lipinski definition) is 0. The first-order chi connectivity index (χ1) is 13.9. The number of aromatic nitrogens is 4. The van der Waals surface area contributed by atoms with Crippen LogP contribution in [0.15, 0.2) is 35.1 Å². The highest BCUT2D eigenvalue weighted by atomic mass is 35.5. The lowest BCUT2D eigenvalue weighted by molar-refractivity contribution is -0.139. The number of carbonyl (C=O) groups is 1.